The molecule has 6 nitrogen and oxygen atoms in total. The van der Waals surface area contributed by atoms with Gasteiger partial charge in [0.1, 0.15) is 17.1 Å². The molecule has 0 fully saturated rings. The maximum Gasteiger partial charge on any atom is 0.273 e. The number of nitrogens with one attached hydrogen (secondary N) is 1. The van der Waals surface area contributed by atoms with Crippen molar-refractivity contribution in [1.29, 1.82) is 0 Å². The summed E-state index contributed by atoms with van der Waals surface area (Å²) in [5, 5.41) is 17.8. The SMILES string of the molecule is COCCN1C(=O)c2[nH]nc(-c3cc(C)ccc3O)c2[C@H]1c1ccc(C(C)C)cc1. The van der Waals surface area contributed by atoms with E-state index in [1.165, 1.54) is 5.56 Å². The highest BCUT2D eigenvalue weighted by molar-refractivity contribution is 6.00. The third-order valence-electron chi connectivity index (χ3n) is 5.73. The zero-order valence-corrected chi connectivity index (χ0v) is 17.8. The third-order valence-corrected chi connectivity index (χ3v) is 5.73. The van der Waals surface area contributed by atoms with Crippen molar-refractivity contribution in [2.45, 2.75) is 32.7 Å². The average Bonchev–Trinajstić information content (AvgIpc) is 3.27. The van der Waals surface area contributed by atoms with Crippen LogP contribution in [0.1, 0.15) is 58.5 Å². The van der Waals surface area contributed by atoms with Gasteiger partial charge < -0.3 is 14.7 Å². The predicted molar refractivity (Wildman–Crippen MR) is 116 cm³/mol. The zero-order valence-electron chi connectivity index (χ0n) is 17.8. The molecule has 3 aromatic rings. The predicted octanol–water partition coefficient (Wildman–Crippen LogP) is 4.41. The Bertz CT molecular complexity index is 1070. The molecule has 2 N–H and O–H groups in total. The highest BCUT2D eigenvalue weighted by Gasteiger charge is 2.42. The van der Waals surface area contributed by atoms with Crippen LogP contribution in [0.2, 0.25) is 0 Å². The number of hydrogen-bond donors (Lipinski definition) is 2. The molecule has 2 aromatic carbocycles. The summed E-state index contributed by atoms with van der Waals surface area (Å²) >= 11 is 0. The minimum Gasteiger partial charge on any atom is -0.507 e. The lowest BCUT2D eigenvalue weighted by Gasteiger charge is -2.26. The number of nitrogens with zero attached hydrogens (tertiary/aromatic N) is 2. The summed E-state index contributed by atoms with van der Waals surface area (Å²) in [4.78, 5) is 15.0. The molecule has 0 spiro atoms. The molecule has 0 unspecified atom stereocenters. The van der Waals surface area contributed by atoms with E-state index >= 15 is 0 Å². The van der Waals surface area contributed by atoms with Gasteiger partial charge in [0.2, 0.25) is 0 Å². The van der Waals surface area contributed by atoms with Crippen LogP contribution in [-0.4, -0.2) is 46.4 Å². The van der Waals surface area contributed by atoms with Gasteiger partial charge in [0, 0.05) is 24.8 Å². The summed E-state index contributed by atoms with van der Waals surface area (Å²) in [7, 11) is 1.63. The van der Waals surface area contributed by atoms with E-state index in [4.69, 9.17) is 4.74 Å². The Labute approximate surface area is 176 Å². The number of aromatic nitrogens is 2. The summed E-state index contributed by atoms with van der Waals surface area (Å²) in [5.41, 5.74) is 5.77. The van der Waals surface area contributed by atoms with E-state index in [-0.39, 0.29) is 17.7 Å². The van der Waals surface area contributed by atoms with Crippen LogP contribution in [0, 0.1) is 6.92 Å². The second kappa shape index (κ2) is 7.95. The van der Waals surface area contributed by atoms with Gasteiger partial charge in [-0.05, 0) is 36.1 Å². The first-order chi connectivity index (χ1) is 14.4. The van der Waals surface area contributed by atoms with Gasteiger partial charge in [-0.1, -0.05) is 49.7 Å². The number of carbonyl (C=O) groups is 1. The number of methoxy groups -OCH3 is 1. The lowest BCUT2D eigenvalue weighted by Crippen LogP contribution is -2.32. The highest BCUT2D eigenvalue weighted by Crippen LogP contribution is 2.44. The van der Waals surface area contributed by atoms with Gasteiger partial charge in [0.25, 0.3) is 5.91 Å². The first-order valence-corrected chi connectivity index (χ1v) is 10.2. The minimum atomic E-state index is -0.294. The molecule has 0 saturated carbocycles. The molecule has 1 atom stereocenters. The van der Waals surface area contributed by atoms with E-state index in [1.807, 2.05) is 24.0 Å². The Hall–Kier alpha value is -3.12. The normalized spacial score (nSPS) is 15.8. The molecule has 0 bridgehead atoms. The molecule has 0 saturated heterocycles. The molecular formula is C24H27N3O3. The van der Waals surface area contributed by atoms with Crippen molar-refractivity contribution in [2.75, 3.05) is 20.3 Å². The number of hydrogen-bond acceptors (Lipinski definition) is 4. The molecule has 2 heterocycles. The van der Waals surface area contributed by atoms with Crippen molar-refractivity contribution >= 4 is 5.91 Å². The van der Waals surface area contributed by atoms with E-state index in [0.29, 0.717) is 36.0 Å². The topological polar surface area (TPSA) is 78.5 Å². The van der Waals surface area contributed by atoms with Gasteiger partial charge in [-0.3, -0.25) is 9.89 Å². The lowest BCUT2D eigenvalue weighted by atomic mass is 9.93. The number of aromatic hydroxyl groups is 1. The highest BCUT2D eigenvalue weighted by atomic mass is 16.5. The van der Waals surface area contributed by atoms with Gasteiger partial charge in [0.05, 0.1) is 12.6 Å². The number of phenols is 1. The second-order valence-corrected chi connectivity index (χ2v) is 8.10. The molecule has 4 rings (SSSR count). The Balaban J connectivity index is 1.86. The maximum atomic E-state index is 13.2. The van der Waals surface area contributed by atoms with Crippen molar-refractivity contribution in [3.63, 3.8) is 0 Å². The number of H-pyrrole nitrogens is 1. The van der Waals surface area contributed by atoms with E-state index in [9.17, 15) is 9.90 Å². The maximum absolute atomic E-state index is 13.2. The van der Waals surface area contributed by atoms with E-state index in [0.717, 1.165) is 16.7 Å². The number of benzene rings is 2. The number of phenolic OH excluding ortho intramolecular Hbond substituents is 1. The number of rotatable bonds is 6. The van der Waals surface area contributed by atoms with E-state index < -0.39 is 0 Å². The van der Waals surface area contributed by atoms with Crippen molar-refractivity contribution in [2.24, 2.45) is 0 Å². The standard InChI is InChI=1S/C24H27N3O3/c1-14(2)16-6-8-17(9-7-16)23-20-21(18-13-15(3)5-10-19(18)28)25-26-22(20)24(29)27(23)11-12-30-4/h5-10,13-14,23,28H,11-12H2,1-4H3,(H,25,26)/t23-/m1/s1. The number of aromatic amines is 1. The van der Waals surface area contributed by atoms with Crippen molar-refractivity contribution < 1.29 is 14.6 Å². The zero-order chi connectivity index (χ0) is 21.4. The van der Waals surface area contributed by atoms with Crippen molar-refractivity contribution in [1.82, 2.24) is 15.1 Å². The largest absolute Gasteiger partial charge is 0.507 e. The summed E-state index contributed by atoms with van der Waals surface area (Å²) in [6.07, 6.45) is 0. The van der Waals surface area contributed by atoms with Crippen molar-refractivity contribution in [3.05, 3.63) is 70.4 Å². The smallest absolute Gasteiger partial charge is 0.273 e. The lowest BCUT2D eigenvalue weighted by molar-refractivity contribution is 0.0677. The Morgan fingerprint density at radius 1 is 1.20 bits per heavy atom. The first-order valence-electron chi connectivity index (χ1n) is 10.2. The summed E-state index contributed by atoms with van der Waals surface area (Å²) in [5.74, 6) is 0.468. The van der Waals surface area contributed by atoms with Gasteiger partial charge in [0.15, 0.2) is 0 Å². The molecule has 1 aromatic heterocycles. The molecule has 0 radical (unpaired) electrons. The van der Waals surface area contributed by atoms with Crippen LogP contribution in [0.5, 0.6) is 5.75 Å². The fraction of sp³-hybridized carbons (Fsp3) is 0.333. The van der Waals surface area contributed by atoms with Gasteiger partial charge in [-0.2, -0.15) is 5.10 Å². The van der Waals surface area contributed by atoms with Gasteiger partial charge in [-0.25, -0.2) is 0 Å². The van der Waals surface area contributed by atoms with Crippen molar-refractivity contribution in [3.8, 4) is 17.0 Å². The average molecular weight is 405 g/mol. The molecule has 1 aliphatic heterocycles. The van der Waals surface area contributed by atoms with Crippen LogP contribution in [0.25, 0.3) is 11.3 Å². The molecule has 0 aliphatic carbocycles. The molecule has 1 amide bonds. The minimum absolute atomic E-state index is 0.106. The van der Waals surface area contributed by atoms with Crippen LogP contribution in [0.3, 0.4) is 0 Å². The Kier molecular flexibility index (Phi) is 5.35. The number of fused-ring (bicyclic) bond motifs is 1. The molecule has 30 heavy (non-hydrogen) atoms. The van der Waals surface area contributed by atoms with E-state index in [1.54, 1.807) is 13.2 Å². The molecule has 156 valence electrons. The summed E-state index contributed by atoms with van der Waals surface area (Å²) in [6.45, 7) is 7.19. The van der Waals surface area contributed by atoms with Crippen LogP contribution in [0.15, 0.2) is 42.5 Å². The monoisotopic (exact) mass is 405 g/mol. The first kappa shape index (κ1) is 20.2. The number of carbonyl (C=O) groups excluding carboxylic acids is 1. The number of ether oxygens (including phenoxy) is 1. The van der Waals surface area contributed by atoms with Gasteiger partial charge in [-0.15, -0.1) is 0 Å². The quantitative estimate of drug-likeness (QED) is 0.637. The fourth-order valence-corrected chi connectivity index (χ4v) is 4.07. The number of aryl methyl sites for hydroxylation is 1. The van der Waals surface area contributed by atoms with Crippen LogP contribution in [0.4, 0.5) is 0 Å². The number of amides is 1. The Morgan fingerprint density at radius 3 is 2.60 bits per heavy atom. The van der Waals surface area contributed by atoms with Gasteiger partial charge >= 0.3 is 0 Å². The molecular weight excluding hydrogens is 378 g/mol. The summed E-state index contributed by atoms with van der Waals surface area (Å²) < 4.78 is 5.25. The fourth-order valence-electron chi connectivity index (χ4n) is 4.07. The second-order valence-electron chi connectivity index (χ2n) is 8.10. The van der Waals surface area contributed by atoms with E-state index in [2.05, 4.69) is 48.3 Å². The third kappa shape index (κ3) is 3.37. The molecule has 1 aliphatic rings. The van der Waals surface area contributed by atoms with Crippen LogP contribution in [-0.2, 0) is 4.74 Å². The summed E-state index contributed by atoms with van der Waals surface area (Å²) in [6, 6.07) is 13.5. The Morgan fingerprint density at radius 2 is 1.93 bits per heavy atom. The molecule has 6 heteroatoms. The van der Waals surface area contributed by atoms with Crippen LogP contribution >= 0.6 is 0 Å². The van der Waals surface area contributed by atoms with Crippen LogP contribution < -0.4 is 0 Å².